The monoisotopic (exact) mass is 364 g/mol. The van der Waals surface area contributed by atoms with Gasteiger partial charge in [0, 0.05) is 23.2 Å². The predicted octanol–water partition coefficient (Wildman–Crippen LogP) is 1.17. The van der Waals surface area contributed by atoms with E-state index in [1.54, 1.807) is 19.9 Å². The lowest BCUT2D eigenvalue weighted by molar-refractivity contribution is 0.0905. The summed E-state index contributed by atoms with van der Waals surface area (Å²) < 4.78 is 28.3. The van der Waals surface area contributed by atoms with Gasteiger partial charge in [-0.2, -0.15) is 0 Å². The molecule has 0 aliphatic heterocycles. The first-order chi connectivity index (χ1) is 9.16. The molecule has 0 saturated heterocycles. The number of rotatable bonds is 5. The number of benzene rings is 1. The van der Waals surface area contributed by atoms with Gasteiger partial charge in [-0.1, -0.05) is 0 Å². The van der Waals surface area contributed by atoms with Crippen molar-refractivity contribution in [3.05, 3.63) is 27.7 Å². The molecule has 0 saturated carbocycles. The van der Waals surface area contributed by atoms with E-state index in [-0.39, 0.29) is 22.4 Å². The van der Waals surface area contributed by atoms with Crippen LogP contribution in [0.1, 0.15) is 22.8 Å². The molecule has 1 atom stereocenters. The Bertz CT molecular complexity index is 616. The highest BCUT2D eigenvalue weighted by Crippen LogP contribution is 2.26. The number of hydrogen-bond acceptors (Lipinski definition) is 4. The Hall–Kier alpha value is -0.960. The highest BCUT2D eigenvalue weighted by Gasteiger charge is 2.19. The Morgan fingerprint density at radius 3 is 2.60 bits per heavy atom. The molecular formula is C12H17BrN2O4S. The second kappa shape index (κ2) is 6.66. The largest absolute Gasteiger partial charge is 0.383 e. The van der Waals surface area contributed by atoms with Crippen molar-refractivity contribution in [2.45, 2.75) is 24.8 Å². The molecule has 6 nitrogen and oxygen atoms in total. The van der Waals surface area contributed by atoms with Crippen molar-refractivity contribution in [3.63, 3.8) is 0 Å². The van der Waals surface area contributed by atoms with Gasteiger partial charge in [-0.05, 0) is 47.5 Å². The molecule has 0 spiro atoms. The van der Waals surface area contributed by atoms with E-state index in [1.807, 2.05) is 0 Å². The molecule has 1 amide bonds. The van der Waals surface area contributed by atoms with Crippen LogP contribution in [-0.4, -0.2) is 34.1 Å². The van der Waals surface area contributed by atoms with Crippen LogP contribution in [0, 0.1) is 6.92 Å². The minimum Gasteiger partial charge on any atom is -0.383 e. The second-order valence-electron chi connectivity index (χ2n) is 4.48. The number of nitrogens with two attached hydrogens (primary N) is 1. The quantitative estimate of drug-likeness (QED) is 0.818. The molecule has 1 aromatic rings. The zero-order valence-electron chi connectivity index (χ0n) is 11.4. The van der Waals surface area contributed by atoms with Crippen LogP contribution < -0.4 is 10.5 Å². The standard InChI is InChI=1S/C12H17BrN2O4S/c1-7-4-9(12(16)15-8(2)6-19-3)5-10(11(7)13)20(14,17)18/h4-5,8H,6H2,1-3H3,(H,15,16)(H2,14,17,18). The Morgan fingerprint density at radius 1 is 1.50 bits per heavy atom. The van der Waals surface area contributed by atoms with E-state index < -0.39 is 10.0 Å². The van der Waals surface area contributed by atoms with Crippen molar-refractivity contribution in [3.8, 4) is 0 Å². The van der Waals surface area contributed by atoms with Gasteiger partial charge >= 0.3 is 0 Å². The molecule has 0 fully saturated rings. The first-order valence-electron chi connectivity index (χ1n) is 5.79. The van der Waals surface area contributed by atoms with Crippen molar-refractivity contribution in [2.24, 2.45) is 5.14 Å². The van der Waals surface area contributed by atoms with E-state index in [2.05, 4.69) is 21.2 Å². The van der Waals surface area contributed by atoms with Crippen molar-refractivity contribution in [1.29, 1.82) is 0 Å². The summed E-state index contributed by atoms with van der Waals surface area (Å²) in [6.07, 6.45) is 0. The maximum absolute atomic E-state index is 12.1. The first-order valence-corrected chi connectivity index (χ1v) is 8.13. The third kappa shape index (κ3) is 4.27. The summed E-state index contributed by atoms with van der Waals surface area (Å²) in [5.41, 5.74) is 0.846. The molecule has 0 heterocycles. The number of ether oxygens (including phenoxy) is 1. The summed E-state index contributed by atoms with van der Waals surface area (Å²) >= 11 is 3.16. The van der Waals surface area contributed by atoms with Crippen LogP contribution >= 0.6 is 15.9 Å². The number of carbonyl (C=O) groups excluding carboxylic acids is 1. The van der Waals surface area contributed by atoms with Gasteiger partial charge in [-0.15, -0.1) is 0 Å². The molecule has 0 aliphatic rings. The minimum atomic E-state index is -3.90. The molecule has 1 unspecified atom stereocenters. The number of amides is 1. The topological polar surface area (TPSA) is 98.5 Å². The number of methoxy groups -OCH3 is 1. The van der Waals surface area contributed by atoms with Gasteiger partial charge in [-0.3, -0.25) is 4.79 Å². The van der Waals surface area contributed by atoms with Crippen LogP contribution in [0.5, 0.6) is 0 Å². The lowest BCUT2D eigenvalue weighted by atomic mass is 10.1. The maximum atomic E-state index is 12.1. The van der Waals surface area contributed by atoms with Crippen LogP contribution in [0.4, 0.5) is 0 Å². The van der Waals surface area contributed by atoms with Crippen LogP contribution in [-0.2, 0) is 14.8 Å². The highest BCUT2D eigenvalue weighted by molar-refractivity contribution is 9.10. The number of aryl methyl sites for hydroxylation is 1. The summed E-state index contributed by atoms with van der Waals surface area (Å²) in [6, 6.07) is 2.66. The zero-order chi connectivity index (χ0) is 15.5. The van der Waals surface area contributed by atoms with Crippen molar-refractivity contribution < 1.29 is 17.9 Å². The minimum absolute atomic E-state index is 0.109. The Balaban J connectivity index is 3.15. The number of hydrogen-bond donors (Lipinski definition) is 2. The van der Waals surface area contributed by atoms with Crippen molar-refractivity contribution in [1.82, 2.24) is 5.32 Å². The van der Waals surface area contributed by atoms with Crippen molar-refractivity contribution >= 4 is 31.9 Å². The van der Waals surface area contributed by atoms with Crippen LogP contribution in [0.15, 0.2) is 21.5 Å². The van der Waals surface area contributed by atoms with Gasteiger partial charge in [-0.25, -0.2) is 13.6 Å². The molecule has 8 heteroatoms. The molecule has 3 N–H and O–H groups in total. The average Bonchev–Trinajstić information content (AvgIpc) is 2.30. The molecular weight excluding hydrogens is 348 g/mol. The lowest BCUT2D eigenvalue weighted by Gasteiger charge is -2.14. The molecule has 112 valence electrons. The fourth-order valence-electron chi connectivity index (χ4n) is 1.67. The van der Waals surface area contributed by atoms with E-state index in [0.29, 0.717) is 16.6 Å². The molecule has 0 aromatic heterocycles. The van der Waals surface area contributed by atoms with Gasteiger partial charge in [0.25, 0.3) is 5.91 Å². The zero-order valence-corrected chi connectivity index (χ0v) is 13.8. The van der Waals surface area contributed by atoms with E-state index >= 15 is 0 Å². The van der Waals surface area contributed by atoms with Crippen molar-refractivity contribution in [2.75, 3.05) is 13.7 Å². The smallest absolute Gasteiger partial charge is 0.251 e. The summed E-state index contributed by atoms with van der Waals surface area (Å²) in [5, 5.41) is 7.84. The summed E-state index contributed by atoms with van der Waals surface area (Å²) in [7, 11) is -2.37. The van der Waals surface area contributed by atoms with Gasteiger partial charge < -0.3 is 10.1 Å². The Kier molecular flexibility index (Phi) is 5.69. The molecule has 20 heavy (non-hydrogen) atoms. The normalized spacial score (nSPS) is 13.1. The third-order valence-corrected chi connectivity index (χ3v) is 4.83. The first kappa shape index (κ1) is 17.1. The highest BCUT2D eigenvalue weighted by atomic mass is 79.9. The van der Waals surface area contributed by atoms with E-state index in [4.69, 9.17) is 9.88 Å². The summed E-state index contributed by atoms with van der Waals surface area (Å²) in [6.45, 7) is 3.84. The number of nitrogens with one attached hydrogen (secondary N) is 1. The maximum Gasteiger partial charge on any atom is 0.251 e. The lowest BCUT2D eigenvalue weighted by Crippen LogP contribution is -2.35. The predicted molar refractivity (Wildman–Crippen MR) is 79.1 cm³/mol. The third-order valence-electron chi connectivity index (χ3n) is 2.58. The average molecular weight is 365 g/mol. The molecule has 0 aliphatic carbocycles. The van der Waals surface area contributed by atoms with Crippen LogP contribution in [0.25, 0.3) is 0 Å². The van der Waals surface area contributed by atoms with Gasteiger partial charge in [0.15, 0.2) is 0 Å². The van der Waals surface area contributed by atoms with Crippen LogP contribution in [0.2, 0.25) is 0 Å². The fraction of sp³-hybridized carbons (Fsp3) is 0.417. The Morgan fingerprint density at radius 2 is 2.10 bits per heavy atom. The van der Waals surface area contributed by atoms with E-state index in [9.17, 15) is 13.2 Å². The molecule has 0 radical (unpaired) electrons. The number of primary sulfonamides is 1. The van der Waals surface area contributed by atoms with Gasteiger partial charge in [0.2, 0.25) is 10.0 Å². The van der Waals surface area contributed by atoms with Gasteiger partial charge in [0.05, 0.1) is 11.5 Å². The van der Waals surface area contributed by atoms with Gasteiger partial charge in [0.1, 0.15) is 0 Å². The second-order valence-corrected chi connectivity index (χ2v) is 6.80. The Labute approximate surface area is 126 Å². The summed E-state index contributed by atoms with van der Waals surface area (Å²) in [5.74, 6) is -0.380. The summed E-state index contributed by atoms with van der Waals surface area (Å²) in [4.78, 5) is 11.9. The number of sulfonamides is 1. The van der Waals surface area contributed by atoms with E-state index in [1.165, 1.54) is 13.2 Å². The van der Waals surface area contributed by atoms with Crippen LogP contribution in [0.3, 0.4) is 0 Å². The molecule has 1 rings (SSSR count). The SMILES string of the molecule is COCC(C)NC(=O)c1cc(C)c(Br)c(S(N)(=O)=O)c1. The van der Waals surface area contributed by atoms with E-state index in [0.717, 1.165) is 0 Å². The number of halogens is 1. The fourth-order valence-corrected chi connectivity index (χ4v) is 3.28. The number of carbonyl (C=O) groups is 1. The molecule has 1 aromatic carbocycles. The molecule has 0 bridgehead atoms.